The van der Waals surface area contributed by atoms with Gasteiger partial charge in [0.05, 0.1) is 16.8 Å². The fourth-order valence-corrected chi connectivity index (χ4v) is 3.81. The number of nitrogens with zero attached hydrogens (tertiary/aromatic N) is 3. The molecule has 1 aromatic carbocycles. The molecule has 2 aromatic rings. The van der Waals surface area contributed by atoms with Crippen molar-refractivity contribution in [2.24, 2.45) is 0 Å². The summed E-state index contributed by atoms with van der Waals surface area (Å²) in [4.78, 5) is 27.4. The van der Waals surface area contributed by atoms with Gasteiger partial charge < -0.3 is 15.2 Å². The first-order valence-electron chi connectivity index (χ1n) is 9.45. The molecule has 1 aromatic heterocycles. The fraction of sp³-hybridized carbons (Fsp3) is 0.316. The van der Waals surface area contributed by atoms with Gasteiger partial charge in [-0.15, -0.1) is 0 Å². The molecule has 12 heteroatoms. The molecule has 2 amide bonds. The number of hydrogen-bond donors (Lipinski definition) is 2. The van der Waals surface area contributed by atoms with E-state index in [0.29, 0.717) is 13.1 Å². The lowest BCUT2D eigenvalue weighted by Gasteiger charge is -2.39. The highest BCUT2D eigenvalue weighted by Crippen LogP contribution is 2.31. The lowest BCUT2D eigenvalue weighted by molar-refractivity contribution is -0.114. The number of hydrogen-bond acceptors (Lipinski definition) is 6. The summed E-state index contributed by atoms with van der Waals surface area (Å²) in [5.41, 5.74) is -1.19. The van der Waals surface area contributed by atoms with E-state index in [1.165, 1.54) is 24.1 Å². The summed E-state index contributed by atoms with van der Waals surface area (Å²) < 4.78 is 53.8. The Labute approximate surface area is 179 Å². The summed E-state index contributed by atoms with van der Waals surface area (Å²) in [6, 6.07) is 4.57. The van der Waals surface area contributed by atoms with Gasteiger partial charge in [0.1, 0.15) is 23.0 Å². The van der Waals surface area contributed by atoms with Gasteiger partial charge in [0.15, 0.2) is 5.82 Å². The van der Waals surface area contributed by atoms with Crippen LogP contribution in [0.25, 0.3) is 0 Å². The fourth-order valence-electron chi connectivity index (χ4n) is 3.16. The molecule has 0 saturated carbocycles. The lowest BCUT2D eigenvalue weighted by atomic mass is 10.1. The maximum atomic E-state index is 15.1. The largest absolute Gasteiger partial charge is 0.754 e. The molecule has 0 aliphatic carbocycles. The average Bonchev–Trinajstić information content (AvgIpc) is 2.73. The van der Waals surface area contributed by atoms with Gasteiger partial charge in [-0.2, -0.15) is 0 Å². The Kier molecular flexibility index (Phi) is 7.25. The lowest BCUT2D eigenvalue weighted by Crippen LogP contribution is -2.47. The second kappa shape index (κ2) is 9.90. The van der Waals surface area contributed by atoms with Gasteiger partial charge >= 0.3 is 0 Å². The summed E-state index contributed by atoms with van der Waals surface area (Å²) in [6.45, 7) is 2.10. The van der Waals surface area contributed by atoms with Crippen molar-refractivity contribution in [1.29, 1.82) is 0 Å². The van der Waals surface area contributed by atoms with Gasteiger partial charge in [0, 0.05) is 26.2 Å². The van der Waals surface area contributed by atoms with Crippen LogP contribution in [0.1, 0.15) is 36.5 Å². The number of pyridine rings is 1. The number of anilines is 3. The molecular weight excluding hydrogens is 432 g/mol. The molecular formula is C19H20F2N5O4S-. The van der Waals surface area contributed by atoms with E-state index in [0.717, 1.165) is 42.0 Å². The van der Waals surface area contributed by atoms with Crippen molar-refractivity contribution in [2.75, 3.05) is 28.1 Å². The number of carbonyl (C=O) groups excluding carboxylic acids is 2. The Bertz CT molecular complexity index is 1000. The summed E-state index contributed by atoms with van der Waals surface area (Å²) in [6.07, 6.45) is 3.54. The number of piperidine rings is 1. The van der Waals surface area contributed by atoms with Crippen molar-refractivity contribution in [3.63, 3.8) is 0 Å². The summed E-state index contributed by atoms with van der Waals surface area (Å²) >= 11 is -2.84. The smallest absolute Gasteiger partial charge is 0.257 e. The van der Waals surface area contributed by atoms with E-state index in [9.17, 15) is 22.7 Å². The van der Waals surface area contributed by atoms with Crippen LogP contribution in [0.2, 0.25) is 0 Å². The van der Waals surface area contributed by atoms with Crippen molar-refractivity contribution in [3.8, 4) is 0 Å². The zero-order chi connectivity index (χ0) is 22.5. The molecule has 1 fully saturated rings. The number of amides is 2. The first-order valence-corrected chi connectivity index (χ1v) is 10.5. The number of nitrogens with one attached hydrogen (secondary N) is 2. The highest BCUT2D eigenvalue weighted by Gasteiger charge is 2.26. The van der Waals surface area contributed by atoms with Crippen LogP contribution in [-0.2, 0) is 16.1 Å². The van der Waals surface area contributed by atoms with E-state index in [4.69, 9.17) is 0 Å². The van der Waals surface area contributed by atoms with Gasteiger partial charge in [-0.25, -0.2) is 23.2 Å². The molecule has 31 heavy (non-hydrogen) atoms. The van der Waals surface area contributed by atoms with Gasteiger partial charge in [-0.05, 0) is 37.1 Å². The predicted molar refractivity (Wildman–Crippen MR) is 110 cm³/mol. The number of rotatable bonds is 6. The predicted octanol–water partition coefficient (Wildman–Crippen LogP) is 2.57. The Morgan fingerprint density at radius 1 is 1.13 bits per heavy atom. The minimum absolute atomic E-state index is 0.0152. The van der Waals surface area contributed by atoms with Crippen LogP contribution in [0.15, 0.2) is 30.5 Å². The number of benzene rings is 1. The molecule has 1 aliphatic heterocycles. The van der Waals surface area contributed by atoms with E-state index in [1.54, 1.807) is 0 Å². The molecule has 0 radical (unpaired) electrons. The van der Waals surface area contributed by atoms with Crippen LogP contribution in [0.3, 0.4) is 0 Å². The maximum absolute atomic E-state index is 15.1. The zero-order valence-electron chi connectivity index (χ0n) is 16.6. The van der Waals surface area contributed by atoms with Crippen LogP contribution in [0.5, 0.6) is 0 Å². The second-order valence-corrected chi connectivity index (χ2v) is 7.61. The van der Waals surface area contributed by atoms with Crippen LogP contribution < -0.4 is 15.0 Å². The van der Waals surface area contributed by atoms with Crippen molar-refractivity contribution in [2.45, 2.75) is 26.2 Å². The maximum Gasteiger partial charge on any atom is 0.257 e. The SMILES string of the molecule is CC(=O)Nc1ccc(C(=O)Nc2c(F)ccc(N(N3CCCCC3)S(=O)[O-])c2F)cn1. The van der Waals surface area contributed by atoms with Crippen LogP contribution in [0.4, 0.5) is 26.0 Å². The Morgan fingerprint density at radius 2 is 1.84 bits per heavy atom. The molecule has 2 heterocycles. The molecule has 0 bridgehead atoms. The van der Waals surface area contributed by atoms with Gasteiger partial charge in [0.25, 0.3) is 5.91 Å². The highest BCUT2D eigenvalue weighted by molar-refractivity contribution is 7.80. The molecule has 1 aliphatic rings. The van der Waals surface area contributed by atoms with Crippen LogP contribution in [0, 0.1) is 11.6 Å². The number of carbonyl (C=O) groups is 2. The molecule has 1 saturated heterocycles. The molecule has 166 valence electrons. The number of hydrazine groups is 1. The quantitative estimate of drug-likeness (QED) is 0.651. The van der Waals surface area contributed by atoms with Gasteiger partial charge in [-0.3, -0.25) is 13.8 Å². The summed E-state index contributed by atoms with van der Waals surface area (Å²) in [5, 5.41) is 6.02. The number of halogens is 2. The van der Waals surface area contributed by atoms with Crippen molar-refractivity contribution >= 4 is 40.3 Å². The highest BCUT2D eigenvalue weighted by atomic mass is 32.2. The summed E-state index contributed by atoms with van der Waals surface area (Å²) in [7, 11) is 0. The van der Waals surface area contributed by atoms with Crippen molar-refractivity contribution in [1.82, 2.24) is 9.99 Å². The monoisotopic (exact) mass is 452 g/mol. The topological polar surface area (TPSA) is 118 Å². The second-order valence-electron chi connectivity index (χ2n) is 6.83. The van der Waals surface area contributed by atoms with Crippen LogP contribution >= 0.6 is 0 Å². The normalized spacial score (nSPS) is 15.2. The van der Waals surface area contributed by atoms with E-state index in [1.807, 2.05) is 0 Å². The van der Waals surface area contributed by atoms with Crippen molar-refractivity contribution in [3.05, 3.63) is 47.7 Å². The number of aromatic nitrogens is 1. The van der Waals surface area contributed by atoms with E-state index in [2.05, 4.69) is 15.6 Å². The van der Waals surface area contributed by atoms with E-state index in [-0.39, 0.29) is 17.3 Å². The zero-order valence-corrected chi connectivity index (χ0v) is 17.4. The molecule has 0 spiro atoms. The first kappa shape index (κ1) is 22.7. The molecule has 3 rings (SSSR count). The van der Waals surface area contributed by atoms with Crippen molar-refractivity contribution < 1.29 is 27.1 Å². The first-order chi connectivity index (χ1) is 14.8. The van der Waals surface area contributed by atoms with Gasteiger partial charge in [-0.1, -0.05) is 6.42 Å². The van der Waals surface area contributed by atoms with Gasteiger partial charge in [0.2, 0.25) is 5.91 Å². The third-order valence-corrected chi connectivity index (χ3v) is 5.29. The molecule has 2 N–H and O–H groups in total. The van der Waals surface area contributed by atoms with Crippen LogP contribution in [-0.4, -0.2) is 43.7 Å². The molecule has 1 atom stereocenters. The average molecular weight is 452 g/mol. The minimum Gasteiger partial charge on any atom is -0.754 e. The molecule has 9 nitrogen and oxygen atoms in total. The Balaban J connectivity index is 1.87. The third-order valence-electron chi connectivity index (χ3n) is 4.58. The third kappa shape index (κ3) is 5.40. The Morgan fingerprint density at radius 3 is 2.42 bits per heavy atom. The molecule has 1 unspecified atom stereocenters. The standard InChI is InChI=1S/C19H21F2N5O4S/c1-12(27)23-16-8-5-13(11-22-16)19(28)24-18-14(20)6-7-15(17(18)21)26(31(29)30)25-9-3-2-4-10-25/h5-8,11H,2-4,9-10H2,1H3,(H,24,28)(H,29,30)(H,22,23,27)/p-1. The Hall–Kier alpha value is -2.96. The van der Waals surface area contributed by atoms with E-state index < -0.39 is 40.2 Å². The minimum atomic E-state index is -2.84. The van der Waals surface area contributed by atoms with E-state index >= 15 is 4.39 Å². The summed E-state index contributed by atoms with van der Waals surface area (Å²) in [5.74, 6) is -3.28.